The molecule has 0 amide bonds. The monoisotopic (exact) mass is 256 g/mol. The summed E-state index contributed by atoms with van der Waals surface area (Å²) in [5, 5.41) is 1.10. The Morgan fingerprint density at radius 1 is 1.31 bits per heavy atom. The Bertz CT molecular complexity index is 402. The zero-order chi connectivity index (χ0) is 12.1. The molecular formula is C13H14Cl2O. The Morgan fingerprint density at radius 3 is 2.31 bits per heavy atom. The van der Waals surface area contributed by atoms with Crippen molar-refractivity contribution < 1.29 is 4.79 Å². The van der Waals surface area contributed by atoms with Gasteiger partial charge in [0, 0.05) is 16.5 Å². The summed E-state index contributed by atoms with van der Waals surface area (Å²) in [5.74, 6) is 0.0833. The van der Waals surface area contributed by atoms with E-state index in [0.717, 1.165) is 12.0 Å². The van der Waals surface area contributed by atoms with E-state index in [4.69, 9.17) is 23.2 Å². The van der Waals surface area contributed by atoms with Crippen LogP contribution in [0.2, 0.25) is 10.0 Å². The number of hydrogen-bond donors (Lipinski definition) is 0. The minimum atomic E-state index is 0.0833. The van der Waals surface area contributed by atoms with Gasteiger partial charge in [-0.2, -0.15) is 0 Å². The van der Waals surface area contributed by atoms with Gasteiger partial charge in [-0.05, 0) is 36.6 Å². The highest BCUT2D eigenvalue weighted by atomic mass is 35.5. The summed E-state index contributed by atoms with van der Waals surface area (Å²) in [6.07, 6.45) is 2.84. The van der Waals surface area contributed by atoms with Crippen LogP contribution < -0.4 is 0 Å². The first kappa shape index (κ1) is 13.3. The molecule has 0 aliphatic rings. The van der Waals surface area contributed by atoms with E-state index < -0.39 is 0 Å². The molecule has 86 valence electrons. The standard InChI is InChI=1S/C13H14Cl2O/c1-3-9(4-2)13(16)8-10-11(14)6-5-7-12(10)15/h3,5-7H,4,8H2,1-2H3/b9-3-. The molecule has 1 nitrogen and oxygen atoms in total. The number of halogens is 2. The van der Waals surface area contributed by atoms with E-state index in [9.17, 15) is 4.79 Å². The number of Topliss-reactive ketones (excluding diaryl/α,β-unsaturated/α-hetero) is 1. The van der Waals surface area contributed by atoms with Crippen LogP contribution in [-0.4, -0.2) is 5.78 Å². The fraction of sp³-hybridized carbons (Fsp3) is 0.308. The normalized spacial score (nSPS) is 11.6. The van der Waals surface area contributed by atoms with E-state index in [1.165, 1.54) is 0 Å². The van der Waals surface area contributed by atoms with Crippen molar-refractivity contribution in [2.45, 2.75) is 26.7 Å². The number of carbonyl (C=O) groups excluding carboxylic acids is 1. The summed E-state index contributed by atoms with van der Waals surface area (Å²) >= 11 is 12.0. The third-order valence-electron chi connectivity index (χ3n) is 2.49. The van der Waals surface area contributed by atoms with Gasteiger partial charge >= 0.3 is 0 Å². The SMILES string of the molecule is C/C=C(/CC)C(=O)Cc1c(Cl)cccc1Cl. The van der Waals surface area contributed by atoms with Crippen molar-refractivity contribution in [3.63, 3.8) is 0 Å². The van der Waals surface area contributed by atoms with Crippen LogP contribution in [-0.2, 0) is 11.2 Å². The van der Waals surface area contributed by atoms with Crippen molar-refractivity contribution in [2.75, 3.05) is 0 Å². The average Bonchev–Trinajstić information content (AvgIpc) is 2.25. The molecule has 0 aromatic heterocycles. The molecule has 0 aliphatic heterocycles. The molecule has 1 aromatic rings. The summed E-state index contributed by atoms with van der Waals surface area (Å²) < 4.78 is 0. The maximum atomic E-state index is 11.9. The second-order valence-corrected chi connectivity index (χ2v) is 4.28. The van der Waals surface area contributed by atoms with Crippen LogP contribution in [0.25, 0.3) is 0 Å². The highest BCUT2D eigenvalue weighted by molar-refractivity contribution is 6.36. The van der Waals surface area contributed by atoms with Gasteiger partial charge in [-0.3, -0.25) is 4.79 Å². The van der Waals surface area contributed by atoms with Gasteiger partial charge in [0.25, 0.3) is 0 Å². The molecule has 3 heteroatoms. The van der Waals surface area contributed by atoms with Gasteiger partial charge in [-0.15, -0.1) is 0 Å². The van der Waals surface area contributed by atoms with Crippen LogP contribution in [0.1, 0.15) is 25.8 Å². The highest BCUT2D eigenvalue weighted by Crippen LogP contribution is 2.25. The zero-order valence-corrected chi connectivity index (χ0v) is 10.9. The van der Waals surface area contributed by atoms with Crippen molar-refractivity contribution in [1.82, 2.24) is 0 Å². The Morgan fingerprint density at radius 2 is 1.88 bits per heavy atom. The molecule has 1 aromatic carbocycles. The molecule has 0 unspecified atom stereocenters. The van der Waals surface area contributed by atoms with Crippen LogP contribution >= 0.6 is 23.2 Å². The largest absolute Gasteiger partial charge is 0.294 e. The fourth-order valence-corrected chi connectivity index (χ4v) is 2.07. The third kappa shape index (κ3) is 3.10. The quantitative estimate of drug-likeness (QED) is 0.727. The Balaban J connectivity index is 2.93. The molecule has 0 aliphatic carbocycles. The van der Waals surface area contributed by atoms with Gasteiger partial charge in [-0.25, -0.2) is 0 Å². The summed E-state index contributed by atoms with van der Waals surface area (Å²) in [7, 11) is 0. The summed E-state index contributed by atoms with van der Waals surface area (Å²) in [6.45, 7) is 3.83. The van der Waals surface area contributed by atoms with Gasteiger partial charge in [0.2, 0.25) is 0 Å². The predicted octanol–water partition coefficient (Wildman–Crippen LogP) is 4.46. The number of allylic oxidation sites excluding steroid dienone is 2. The lowest BCUT2D eigenvalue weighted by atomic mass is 10.0. The van der Waals surface area contributed by atoms with Gasteiger partial charge < -0.3 is 0 Å². The second kappa shape index (κ2) is 6.07. The number of ketones is 1. The lowest BCUT2D eigenvalue weighted by molar-refractivity contribution is -0.115. The van der Waals surface area contributed by atoms with E-state index in [-0.39, 0.29) is 12.2 Å². The summed E-state index contributed by atoms with van der Waals surface area (Å²) in [4.78, 5) is 11.9. The summed E-state index contributed by atoms with van der Waals surface area (Å²) in [5.41, 5.74) is 1.53. The molecule has 0 fully saturated rings. The van der Waals surface area contributed by atoms with Gasteiger partial charge in [0.1, 0.15) is 0 Å². The summed E-state index contributed by atoms with van der Waals surface area (Å²) in [6, 6.07) is 5.27. The fourth-order valence-electron chi connectivity index (χ4n) is 1.54. The highest BCUT2D eigenvalue weighted by Gasteiger charge is 2.12. The van der Waals surface area contributed by atoms with E-state index in [0.29, 0.717) is 15.6 Å². The topological polar surface area (TPSA) is 17.1 Å². The molecule has 0 saturated carbocycles. The van der Waals surface area contributed by atoms with Crippen molar-refractivity contribution in [2.24, 2.45) is 0 Å². The van der Waals surface area contributed by atoms with Gasteiger partial charge in [-0.1, -0.05) is 42.3 Å². The zero-order valence-electron chi connectivity index (χ0n) is 9.39. The Hall–Kier alpha value is -0.790. The molecule has 0 N–H and O–H groups in total. The number of benzene rings is 1. The Kier molecular flexibility index (Phi) is 5.04. The van der Waals surface area contributed by atoms with Crippen molar-refractivity contribution >= 4 is 29.0 Å². The number of carbonyl (C=O) groups is 1. The van der Waals surface area contributed by atoms with Crippen molar-refractivity contribution in [3.8, 4) is 0 Å². The molecule has 0 radical (unpaired) electrons. The molecule has 0 atom stereocenters. The smallest absolute Gasteiger partial charge is 0.162 e. The first-order chi connectivity index (χ1) is 7.60. The molecule has 0 heterocycles. The molecule has 16 heavy (non-hydrogen) atoms. The number of rotatable bonds is 4. The van der Waals surface area contributed by atoms with Crippen LogP contribution in [0.3, 0.4) is 0 Å². The second-order valence-electron chi connectivity index (χ2n) is 3.47. The van der Waals surface area contributed by atoms with Crippen LogP contribution in [0.5, 0.6) is 0 Å². The first-order valence-electron chi connectivity index (χ1n) is 5.21. The van der Waals surface area contributed by atoms with Gasteiger partial charge in [0.05, 0.1) is 0 Å². The van der Waals surface area contributed by atoms with E-state index in [1.807, 2.05) is 19.9 Å². The molecule has 0 saturated heterocycles. The van der Waals surface area contributed by atoms with Crippen LogP contribution in [0, 0.1) is 0 Å². The van der Waals surface area contributed by atoms with Crippen molar-refractivity contribution in [3.05, 3.63) is 45.5 Å². The Labute approximate surface area is 106 Å². The molecular weight excluding hydrogens is 243 g/mol. The molecule has 0 bridgehead atoms. The minimum Gasteiger partial charge on any atom is -0.294 e. The van der Waals surface area contributed by atoms with Crippen LogP contribution in [0.4, 0.5) is 0 Å². The van der Waals surface area contributed by atoms with E-state index in [2.05, 4.69) is 0 Å². The maximum Gasteiger partial charge on any atom is 0.162 e. The maximum absolute atomic E-state index is 11.9. The van der Waals surface area contributed by atoms with Gasteiger partial charge in [0.15, 0.2) is 5.78 Å². The number of hydrogen-bond acceptors (Lipinski definition) is 1. The first-order valence-corrected chi connectivity index (χ1v) is 5.97. The van der Waals surface area contributed by atoms with E-state index in [1.54, 1.807) is 18.2 Å². The van der Waals surface area contributed by atoms with Crippen molar-refractivity contribution in [1.29, 1.82) is 0 Å². The van der Waals surface area contributed by atoms with Crippen LogP contribution in [0.15, 0.2) is 29.8 Å². The molecule has 1 rings (SSSR count). The lowest BCUT2D eigenvalue weighted by Gasteiger charge is -2.07. The minimum absolute atomic E-state index is 0.0833. The molecule has 0 spiro atoms. The average molecular weight is 257 g/mol. The predicted molar refractivity (Wildman–Crippen MR) is 69.2 cm³/mol. The third-order valence-corrected chi connectivity index (χ3v) is 3.19. The van der Waals surface area contributed by atoms with E-state index >= 15 is 0 Å². The lowest BCUT2D eigenvalue weighted by Crippen LogP contribution is -2.06.